The van der Waals surface area contributed by atoms with Crippen molar-refractivity contribution in [3.63, 3.8) is 0 Å². The molecular formula is C27H30F3N5O4. The number of alkyl halides is 3. The minimum atomic E-state index is -4.74. The summed E-state index contributed by atoms with van der Waals surface area (Å²) in [7, 11) is 0. The van der Waals surface area contributed by atoms with E-state index < -0.39 is 6.36 Å². The number of oxazole rings is 1. The van der Waals surface area contributed by atoms with E-state index in [0.29, 0.717) is 17.3 Å². The van der Waals surface area contributed by atoms with Crippen molar-refractivity contribution in [3.8, 4) is 17.1 Å². The van der Waals surface area contributed by atoms with Gasteiger partial charge < -0.3 is 24.7 Å². The molecular weight excluding hydrogens is 515 g/mol. The van der Waals surface area contributed by atoms with Crippen LogP contribution >= 0.6 is 0 Å². The van der Waals surface area contributed by atoms with Gasteiger partial charge in [0.2, 0.25) is 0 Å². The molecule has 3 atom stereocenters. The first-order valence-corrected chi connectivity index (χ1v) is 13.1. The van der Waals surface area contributed by atoms with Crippen molar-refractivity contribution < 1.29 is 27.2 Å². The van der Waals surface area contributed by atoms with Crippen LogP contribution in [0.4, 0.5) is 30.6 Å². The van der Waals surface area contributed by atoms with Crippen molar-refractivity contribution in [1.29, 1.82) is 0 Å². The second-order valence-corrected chi connectivity index (χ2v) is 9.97. The summed E-state index contributed by atoms with van der Waals surface area (Å²) in [5, 5.41) is 18.2. The zero-order chi connectivity index (χ0) is 27.4. The SMILES string of the molecule is O=[N+]([O-])c1ccc(N2CCC[C@H](N[C@@H]3CCCC[C@H]3Nc3ncc(-c4ccc(OC(F)(F)F)cc4)o3)C2)cc1. The van der Waals surface area contributed by atoms with Crippen molar-refractivity contribution in [3.05, 3.63) is 64.8 Å². The predicted octanol–water partition coefficient (Wildman–Crippen LogP) is 6.13. The third-order valence-electron chi connectivity index (χ3n) is 7.25. The molecule has 1 saturated heterocycles. The van der Waals surface area contributed by atoms with Gasteiger partial charge >= 0.3 is 6.36 Å². The van der Waals surface area contributed by atoms with Gasteiger partial charge in [-0.3, -0.25) is 10.1 Å². The Labute approximate surface area is 223 Å². The molecule has 208 valence electrons. The number of piperidine rings is 1. The molecule has 12 heteroatoms. The van der Waals surface area contributed by atoms with Gasteiger partial charge in [0.05, 0.1) is 11.1 Å². The molecule has 2 aromatic carbocycles. The second kappa shape index (κ2) is 11.5. The molecule has 0 spiro atoms. The van der Waals surface area contributed by atoms with Gasteiger partial charge in [0.25, 0.3) is 11.7 Å². The van der Waals surface area contributed by atoms with E-state index in [0.717, 1.165) is 57.3 Å². The van der Waals surface area contributed by atoms with Crippen LogP contribution < -0.4 is 20.3 Å². The molecule has 9 nitrogen and oxygen atoms in total. The maximum atomic E-state index is 12.4. The summed E-state index contributed by atoms with van der Waals surface area (Å²) >= 11 is 0. The normalized spacial score (nSPS) is 21.9. The lowest BCUT2D eigenvalue weighted by Gasteiger charge is -2.40. The van der Waals surface area contributed by atoms with Crippen LogP contribution in [-0.4, -0.2) is 47.5 Å². The monoisotopic (exact) mass is 545 g/mol. The van der Waals surface area contributed by atoms with Crippen LogP contribution in [-0.2, 0) is 0 Å². The molecule has 39 heavy (non-hydrogen) atoms. The summed E-state index contributed by atoms with van der Waals surface area (Å²) in [6.07, 6.45) is 3.06. The smallest absolute Gasteiger partial charge is 0.424 e. The van der Waals surface area contributed by atoms with Crippen molar-refractivity contribution in [1.82, 2.24) is 10.3 Å². The maximum absolute atomic E-state index is 12.4. The number of nitrogens with zero attached hydrogens (tertiary/aromatic N) is 3. The Balaban J connectivity index is 1.19. The summed E-state index contributed by atoms with van der Waals surface area (Å²) in [5.41, 5.74) is 1.66. The van der Waals surface area contributed by atoms with E-state index in [2.05, 4.69) is 25.3 Å². The Morgan fingerprint density at radius 1 is 1.00 bits per heavy atom. The third kappa shape index (κ3) is 6.99. The number of ether oxygens (including phenoxy) is 1. The van der Waals surface area contributed by atoms with E-state index >= 15 is 0 Å². The highest BCUT2D eigenvalue weighted by Crippen LogP contribution is 2.30. The topological polar surface area (TPSA) is 106 Å². The highest BCUT2D eigenvalue weighted by Gasteiger charge is 2.32. The van der Waals surface area contributed by atoms with Gasteiger partial charge in [-0.1, -0.05) is 12.8 Å². The van der Waals surface area contributed by atoms with Crippen molar-refractivity contribution in [2.45, 2.75) is 63.0 Å². The fourth-order valence-corrected chi connectivity index (χ4v) is 5.39. The number of nitro benzene ring substituents is 1. The summed E-state index contributed by atoms with van der Waals surface area (Å²) in [6, 6.07) is 13.2. The van der Waals surface area contributed by atoms with E-state index in [4.69, 9.17) is 4.42 Å². The quantitative estimate of drug-likeness (QED) is 0.257. The summed E-state index contributed by atoms with van der Waals surface area (Å²) in [4.78, 5) is 17.2. The molecule has 3 aromatic rings. The van der Waals surface area contributed by atoms with Crippen LogP contribution in [0.25, 0.3) is 11.3 Å². The number of nitro groups is 1. The highest BCUT2D eigenvalue weighted by atomic mass is 19.4. The van der Waals surface area contributed by atoms with Crippen molar-refractivity contribution in [2.75, 3.05) is 23.3 Å². The summed E-state index contributed by atoms with van der Waals surface area (Å²) in [6.45, 7) is 1.73. The third-order valence-corrected chi connectivity index (χ3v) is 7.25. The number of non-ortho nitro benzene ring substituents is 1. The van der Waals surface area contributed by atoms with E-state index in [9.17, 15) is 23.3 Å². The first-order chi connectivity index (χ1) is 18.7. The van der Waals surface area contributed by atoms with Crippen LogP contribution in [0.15, 0.2) is 59.1 Å². The van der Waals surface area contributed by atoms with Gasteiger partial charge in [-0.15, -0.1) is 13.2 Å². The van der Waals surface area contributed by atoms with Crippen LogP contribution in [0.2, 0.25) is 0 Å². The van der Waals surface area contributed by atoms with E-state index in [-0.39, 0.29) is 34.5 Å². The fraction of sp³-hybridized carbons (Fsp3) is 0.444. The van der Waals surface area contributed by atoms with E-state index in [1.165, 1.54) is 24.3 Å². The highest BCUT2D eigenvalue weighted by molar-refractivity contribution is 5.58. The lowest BCUT2D eigenvalue weighted by atomic mass is 9.89. The average molecular weight is 546 g/mol. The standard InChI is InChI=1S/C27H30F3N5O4/c28-27(29,30)39-22-13-7-18(8-14-22)25-16-31-26(38-25)33-24-6-2-1-5-23(24)32-19-4-3-15-34(17-19)20-9-11-21(12-10-20)35(36)37/h7-14,16,19,23-24,32H,1-6,15,17H2,(H,31,33)/t19-,23+,24+/m0/s1. The Morgan fingerprint density at radius 2 is 1.72 bits per heavy atom. The van der Waals surface area contributed by atoms with Gasteiger partial charge in [0, 0.05) is 54.6 Å². The molecule has 2 N–H and O–H groups in total. The molecule has 2 heterocycles. The Morgan fingerprint density at radius 3 is 2.41 bits per heavy atom. The van der Waals surface area contributed by atoms with E-state index in [1.54, 1.807) is 18.3 Å². The van der Waals surface area contributed by atoms with Crippen LogP contribution in [0.1, 0.15) is 38.5 Å². The predicted molar refractivity (Wildman–Crippen MR) is 140 cm³/mol. The van der Waals surface area contributed by atoms with E-state index in [1.807, 2.05) is 12.1 Å². The Bertz CT molecular complexity index is 1250. The van der Waals surface area contributed by atoms with Crippen LogP contribution in [0.5, 0.6) is 5.75 Å². The average Bonchev–Trinajstić information content (AvgIpc) is 3.38. The molecule has 1 aliphatic carbocycles. The fourth-order valence-electron chi connectivity index (χ4n) is 5.39. The number of aromatic nitrogens is 1. The number of halogens is 3. The Kier molecular flexibility index (Phi) is 7.92. The van der Waals surface area contributed by atoms with Gasteiger partial charge in [0.15, 0.2) is 5.76 Å². The molecule has 0 radical (unpaired) electrons. The van der Waals surface area contributed by atoms with Crippen molar-refractivity contribution >= 4 is 17.4 Å². The van der Waals surface area contributed by atoms with Crippen LogP contribution in [0, 0.1) is 10.1 Å². The number of rotatable bonds is 8. The molecule has 2 fully saturated rings. The second-order valence-electron chi connectivity index (χ2n) is 9.97. The van der Waals surface area contributed by atoms with Gasteiger partial charge in [0.1, 0.15) is 5.75 Å². The number of anilines is 2. The number of nitrogens with one attached hydrogen (secondary N) is 2. The summed E-state index contributed by atoms with van der Waals surface area (Å²) in [5.74, 6) is 0.150. The summed E-state index contributed by atoms with van der Waals surface area (Å²) < 4.78 is 47.1. The number of hydrogen-bond donors (Lipinski definition) is 2. The largest absolute Gasteiger partial charge is 0.573 e. The lowest BCUT2D eigenvalue weighted by Crippen LogP contribution is -2.54. The molecule has 5 rings (SSSR count). The molecule has 2 aliphatic rings. The maximum Gasteiger partial charge on any atom is 0.573 e. The molecule has 0 unspecified atom stereocenters. The number of hydrogen-bond acceptors (Lipinski definition) is 8. The minimum Gasteiger partial charge on any atom is -0.424 e. The number of benzene rings is 2. The van der Waals surface area contributed by atoms with Gasteiger partial charge in [-0.25, -0.2) is 4.98 Å². The first kappa shape index (κ1) is 26.8. The lowest BCUT2D eigenvalue weighted by molar-refractivity contribution is -0.384. The first-order valence-electron chi connectivity index (χ1n) is 13.1. The van der Waals surface area contributed by atoms with Crippen LogP contribution in [0.3, 0.4) is 0 Å². The molecule has 0 bridgehead atoms. The molecule has 1 aliphatic heterocycles. The molecule has 1 aromatic heterocycles. The molecule has 1 saturated carbocycles. The van der Waals surface area contributed by atoms with Crippen molar-refractivity contribution in [2.24, 2.45) is 0 Å². The zero-order valence-electron chi connectivity index (χ0n) is 21.2. The van der Waals surface area contributed by atoms with Gasteiger partial charge in [-0.2, -0.15) is 0 Å². The molecule has 0 amide bonds. The van der Waals surface area contributed by atoms with Gasteiger partial charge in [-0.05, 0) is 62.1 Å². The minimum absolute atomic E-state index is 0.0868. The zero-order valence-corrected chi connectivity index (χ0v) is 21.2. The Hall–Kier alpha value is -3.80.